The first-order valence-corrected chi connectivity index (χ1v) is 11.5. The van der Waals surface area contributed by atoms with Crippen molar-refractivity contribution in [3.63, 3.8) is 0 Å². The van der Waals surface area contributed by atoms with E-state index in [4.69, 9.17) is 9.47 Å². The van der Waals surface area contributed by atoms with Crippen molar-refractivity contribution in [3.8, 4) is 11.5 Å². The van der Waals surface area contributed by atoms with Crippen LogP contribution in [0.3, 0.4) is 0 Å². The van der Waals surface area contributed by atoms with Gasteiger partial charge in [0.2, 0.25) is 5.91 Å². The van der Waals surface area contributed by atoms with Gasteiger partial charge in [-0.1, -0.05) is 26.0 Å². The van der Waals surface area contributed by atoms with Gasteiger partial charge < -0.3 is 24.8 Å². The second-order valence-corrected chi connectivity index (χ2v) is 9.40. The minimum absolute atomic E-state index is 0.178. The van der Waals surface area contributed by atoms with Gasteiger partial charge in [0.25, 0.3) is 5.91 Å². The van der Waals surface area contributed by atoms with Crippen LogP contribution in [-0.4, -0.2) is 56.4 Å². The van der Waals surface area contributed by atoms with Gasteiger partial charge >= 0.3 is 0 Å². The van der Waals surface area contributed by atoms with E-state index in [9.17, 15) is 14.7 Å². The molecule has 184 valence electrons. The summed E-state index contributed by atoms with van der Waals surface area (Å²) < 4.78 is 13.1. The van der Waals surface area contributed by atoms with Gasteiger partial charge in [0.05, 0.1) is 25.3 Å². The van der Waals surface area contributed by atoms with Crippen LogP contribution in [0.2, 0.25) is 0 Å². The fourth-order valence-electron chi connectivity index (χ4n) is 3.73. The Bertz CT molecular complexity index is 1040. The first-order valence-electron chi connectivity index (χ1n) is 11.5. The first kappa shape index (κ1) is 25.3. The topological polar surface area (TPSA) is 106 Å². The monoisotopic (exact) mass is 470 g/mol. The molecule has 9 heteroatoms. The number of benzene rings is 1. The lowest BCUT2D eigenvalue weighted by Crippen LogP contribution is -2.46. The van der Waals surface area contributed by atoms with Crippen molar-refractivity contribution < 1.29 is 24.2 Å². The number of para-hydroxylation sites is 2. The van der Waals surface area contributed by atoms with E-state index in [1.165, 1.54) is 11.0 Å². The summed E-state index contributed by atoms with van der Waals surface area (Å²) >= 11 is 0. The van der Waals surface area contributed by atoms with Crippen molar-refractivity contribution in [2.24, 2.45) is 5.92 Å². The summed E-state index contributed by atoms with van der Waals surface area (Å²) in [5.74, 6) is 1.51. The smallest absolute Gasteiger partial charge is 0.251 e. The predicted octanol–water partition coefficient (Wildman–Crippen LogP) is 3.21. The standard InChI is InChI=1S/C25H34N4O5/c1-6-33-20-9-7-8-10-21(20)34-18-14-23(30)29(15-18)19(13-17(2)3)24(31)26-22-11-12-28(27-22)16-25(4,5)32/h7-12,14,17,19,32H,6,13,15-16H2,1-5H3,(H,26,27,31)/t19-/m0/s1. The Morgan fingerprint density at radius 2 is 1.94 bits per heavy atom. The van der Waals surface area contributed by atoms with E-state index < -0.39 is 11.6 Å². The maximum atomic E-state index is 13.2. The van der Waals surface area contributed by atoms with Crippen molar-refractivity contribution in [3.05, 3.63) is 48.4 Å². The predicted molar refractivity (Wildman–Crippen MR) is 128 cm³/mol. The maximum Gasteiger partial charge on any atom is 0.251 e. The third-order valence-corrected chi connectivity index (χ3v) is 5.10. The lowest BCUT2D eigenvalue weighted by Gasteiger charge is -2.28. The molecular formula is C25H34N4O5. The molecule has 1 aromatic carbocycles. The number of hydrogen-bond donors (Lipinski definition) is 2. The third kappa shape index (κ3) is 6.84. The Hall–Kier alpha value is -3.33. The molecule has 9 nitrogen and oxygen atoms in total. The fraction of sp³-hybridized carbons (Fsp3) is 0.480. The number of carbonyl (C=O) groups excluding carboxylic acids is 2. The molecule has 0 fully saturated rings. The summed E-state index contributed by atoms with van der Waals surface area (Å²) in [7, 11) is 0. The first-order chi connectivity index (χ1) is 16.1. The summed E-state index contributed by atoms with van der Waals surface area (Å²) in [6.45, 7) is 10.2. The highest BCUT2D eigenvalue weighted by Crippen LogP contribution is 2.30. The normalized spacial score (nSPS) is 14.9. The number of nitrogens with zero attached hydrogens (tertiary/aromatic N) is 3. The van der Waals surface area contributed by atoms with Crippen molar-refractivity contribution in [2.45, 2.75) is 59.2 Å². The molecule has 0 unspecified atom stereocenters. The summed E-state index contributed by atoms with van der Waals surface area (Å²) in [4.78, 5) is 27.5. The van der Waals surface area contributed by atoms with Crippen LogP contribution < -0.4 is 14.8 Å². The quantitative estimate of drug-likeness (QED) is 0.522. The van der Waals surface area contributed by atoms with Gasteiger partial charge in [-0.15, -0.1) is 0 Å². The van der Waals surface area contributed by atoms with Crippen molar-refractivity contribution in [2.75, 3.05) is 18.5 Å². The molecule has 2 amide bonds. The molecule has 2 N–H and O–H groups in total. The third-order valence-electron chi connectivity index (χ3n) is 5.10. The lowest BCUT2D eigenvalue weighted by molar-refractivity contribution is -0.133. The minimum Gasteiger partial charge on any atom is -0.490 e. The highest BCUT2D eigenvalue weighted by molar-refractivity contribution is 5.99. The molecule has 0 saturated heterocycles. The number of aliphatic hydroxyl groups is 1. The zero-order valence-electron chi connectivity index (χ0n) is 20.4. The highest BCUT2D eigenvalue weighted by atomic mass is 16.5. The van der Waals surface area contributed by atoms with Crippen LogP contribution in [0.4, 0.5) is 5.82 Å². The SMILES string of the molecule is CCOc1ccccc1OC1=CC(=O)N([C@@H](CC(C)C)C(=O)Nc2ccn(CC(C)(C)O)n2)C1. The Balaban J connectivity index is 1.71. The highest BCUT2D eigenvalue weighted by Gasteiger charge is 2.35. The lowest BCUT2D eigenvalue weighted by atomic mass is 10.0. The molecule has 0 spiro atoms. The molecule has 1 atom stereocenters. The van der Waals surface area contributed by atoms with Crippen LogP contribution in [0, 0.1) is 5.92 Å². The zero-order valence-corrected chi connectivity index (χ0v) is 20.4. The molecule has 1 aromatic heterocycles. The van der Waals surface area contributed by atoms with Crippen LogP contribution in [0.15, 0.2) is 48.4 Å². The van der Waals surface area contributed by atoms with Crippen LogP contribution in [0.5, 0.6) is 11.5 Å². The Morgan fingerprint density at radius 1 is 1.24 bits per heavy atom. The number of aromatic nitrogens is 2. The van der Waals surface area contributed by atoms with E-state index in [2.05, 4.69) is 10.4 Å². The molecule has 0 radical (unpaired) electrons. The summed E-state index contributed by atoms with van der Waals surface area (Å²) in [6.07, 6.45) is 3.59. The van der Waals surface area contributed by atoms with Gasteiger partial charge in [-0.25, -0.2) is 0 Å². The van der Waals surface area contributed by atoms with E-state index in [0.717, 1.165) is 0 Å². The second kappa shape index (κ2) is 10.7. The molecule has 0 saturated carbocycles. The van der Waals surface area contributed by atoms with Crippen LogP contribution in [0.25, 0.3) is 0 Å². The van der Waals surface area contributed by atoms with Crippen molar-refractivity contribution >= 4 is 17.6 Å². The van der Waals surface area contributed by atoms with Gasteiger partial charge in [0.15, 0.2) is 17.3 Å². The molecule has 1 aliphatic rings. The van der Waals surface area contributed by atoms with E-state index >= 15 is 0 Å². The molecule has 2 heterocycles. The Labute approximate surface area is 200 Å². The molecule has 0 aliphatic carbocycles. The van der Waals surface area contributed by atoms with Crippen LogP contribution in [-0.2, 0) is 16.1 Å². The number of amides is 2. The van der Waals surface area contributed by atoms with E-state index in [1.54, 1.807) is 42.9 Å². The minimum atomic E-state index is -0.932. The van der Waals surface area contributed by atoms with Gasteiger partial charge in [0.1, 0.15) is 11.8 Å². The Kier molecular flexibility index (Phi) is 7.98. The molecule has 1 aliphatic heterocycles. The molecule has 34 heavy (non-hydrogen) atoms. The number of nitrogens with one attached hydrogen (secondary N) is 1. The van der Waals surface area contributed by atoms with Gasteiger partial charge in [-0.2, -0.15) is 5.10 Å². The number of ether oxygens (including phenoxy) is 2. The van der Waals surface area contributed by atoms with Gasteiger partial charge in [-0.05, 0) is 45.2 Å². The van der Waals surface area contributed by atoms with Crippen molar-refractivity contribution in [1.82, 2.24) is 14.7 Å². The number of carbonyl (C=O) groups is 2. The van der Waals surface area contributed by atoms with Gasteiger partial charge in [-0.3, -0.25) is 14.3 Å². The van der Waals surface area contributed by atoms with Crippen LogP contribution >= 0.6 is 0 Å². The maximum absolute atomic E-state index is 13.2. The molecule has 3 rings (SSSR count). The second-order valence-electron chi connectivity index (χ2n) is 9.40. The van der Waals surface area contributed by atoms with E-state index in [1.807, 2.05) is 32.9 Å². The van der Waals surface area contributed by atoms with E-state index in [0.29, 0.717) is 36.1 Å². The number of hydrogen-bond acceptors (Lipinski definition) is 6. The summed E-state index contributed by atoms with van der Waals surface area (Å²) in [6, 6.07) is 8.25. The molecule has 2 aromatic rings. The van der Waals surface area contributed by atoms with Crippen LogP contribution in [0.1, 0.15) is 41.0 Å². The van der Waals surface area contributed by atoms with Gasteiger partial charge in [0, 0.05) is 18.3 Å². The number of anilines is 1. The molecular weight excluding hydrogens is 436 g/mol. The molecule has 0 bridgehead atoms. The zero-order chi connectivity index (χ0) is 24.9. The largest absolute Gasteiger partial charge is 0.490 e. The Morgan fingerprint density at radius 3 is 2.59 bits per heavy atom. The average Bonchev–Trinajstić information content (AvgIpc) is 3.32. The number of rotatable bonds is 11. The average molecular weight is 471 g/mol. The van der Waals surface area contributed by atoms with E-state index in [-0.39, 0.29) is 30.8 Å². The van der Waals surface area contributed by atoms with Crippen molar-refractivity contribution in [1.29, 1.82) is 0 Å². The summed E-state index contributed by atoms with van der Waals surface area (Å²) in [5.41, 5.74) is -0.932. The fourth-order valence-corrected chi connectivity index (χ4v) is 3.73. The summed E-state index contributed by atoms with van der Waals surface area (Å²) in [5, 5.41) is 17.1.